The second-order valence-electron chi connectivity index (χ2n) is 7.84. The van der Waals surface area contributed by atoms with Crippen molar-refractivity contribution in [1.29, 1.82) is 0 Å². The van der Waals surface area contributed by atoms with E-state index in [4.69, 9.17) is 4.74 Å². The van der Waals surface area contributed by atoms with E-state index in [0.717, 1.165) is 13.0 Å². The fraction of sp³-hybridized carbons (Fsp3) is 0.824. The van der Waals surface area contributed by atoms with Crippen LogP contribution < -0.4 is 5.32 Å². The minimum absolute atomic E-state index is 0.0961. The Hall–Kier alpha value is -1.59. The summed E-state index contributed by atoms with van der Waals surface area (Å²) < 4.78 is 5.25. The molecule has 6 nitrogen and oxygen atoms in total. The van der Waals surface area contributed by atoms with Gasteiger partial charge in [-0.1, -0.05) is 6.92 Å². The van der Waals surface area contributed by atoms with Crippen molar-refractivity contribution < 1.29 is 19.1 Å². The second-order valence-corrected chi connectivity index (χ2v) is 7.84. The summed E-state index contributed by atoms with van der Waals surface area (Å²) in [5.74, 6) is 0.819. The molecule has 0 unspecified atom stereocenters. The van der Waals surface area contributed by atoms with E-state index in [2.05, 4.69) is 12.2 Å². The van der Waals surface area contributed by atoms with Crippen LogP contribution in [-0.2, 0) is 14.3 Å². The van der Waals surface area contributed by atoms with Gasteiger partial charge in [-0.05, 0) is 39.0 Å². The molecular weight excluding hydrogens is 296 g/mol. The molecule has 2 aliphatic rings. The Labute approximate surface area is 137 Å². The maximum absolute atomic E-state index is 12.4. The van der Waals surface area contributed by atoms with Crippen LogP contribution in [0.1, 0.15) is 47.0 Å². The lowest BCUT2D eigenvalue weighted by atomic mass is 9.81. The van der Waals surface area contributed by atoms with Gasteiger partial charge in [0.05, 0.1) is 5.92 Å². The largest absolute Gasteiger partial charge is 0.444 e. The van der Waals surface area contributed by atoms with E-state index in [1.54, 1.807) is 0 Å². The van der Waals surface area contributed by atoms with Gasteiger partial charge in [0.1, 0.15) is 11.4 Å². The van der Waals surface area contributed by atoms with Gasteiger partial charge in [0.25, 0.3) is 0 Å². The Morgan fingerprint density at radius 2 is 1.96 bits per heavy atom. The number of nitrogens with one attached hydrogen (secondary N) is 1. The highest BCUT2D eigenvalue weighted by molar-refractivity contribution is 5.96. The van der Waals surface area contributed by atoms with E-state index >= 15 is 0 Å². The first-order chi connectivity index (χ1) is 10.7. The van der Waals surface area contributed by atoms with E-state index in [1.165, 1.54) is 0 Å². The van der Waals surface area contributed by atoms with Crippen LogP contribution >= 0.6 is 0 Å². The lowest BCUT2D eigenvalue weighted by Crippen LogP contribution is -2.50. The quantitative estimate of drug-likeness (QED) is 0.861. The summed E-state index contributed by atoms with van der Waals surface area (Å²) in [6.45, 7) is 9.52. The van der Waals surface area contributed by atoms with Gasteiger partial charge in [-0.15, -0.1) is 0 Å². The third-order valence-electron chi connectivity index (χ3n) is 4.63. The van der Waals surface area contributed by atoms with Gasteiger partial charge in [0.15, 0.2) is 0 Å². The number of ether oxygens (including phenoxy) is 1. The van der Waals surface area contributed by atoms with Crippen molar-refractivity contribution >= 4 is 17.8 Å². The van der Waals surface area contributed by atoms with Crippen LogP contribution in [0.2, 0.25) is 0 Å². The summed E-state index contributed by atoms with van der Waals surface area (Å²) in [4.78, 5) is 37.1. The topological polar surface area (TPSA) is 75.7 Å². The molecule has 1 N–H and O–H groups in total. The number of piperidine rings is 1. The lowest BCUT2D eigenvalue weighted by Gasteiger charge is -2.40. The van der Waals surface area contributed by atoms with Crippen LogP contribution in [0, 0.1) is 17.8 Å². The van der Waals surface area contributed by atoms with Crippen molar-refractivity contribution in [2.75, 3.05) is 19.6 Å². The molecule has 1 saturated heterocycles. The zero-order valence-electron chi connectivity index (χ0n) is 14.6. The molecule has 2 fully saturated rings. The molecule has 0 spiro atoms. The van der Waals surface area contributed by atoms with Crippen LogP contribution in [0.15, 0.2) is 0 Å². The summed E-state index contributed by atoms with van der Waals surface area (Å²) in [5.41, 5.74) is -0.513. The maximum atomic E-state index is 12.4. The Balaban J connectivity index is 1.82. The number of carbonyl (C=O) groups excluding carboxylic acids is 3. The highest BCUT2D eigenvalue weighted by atomic mass is 16.6. The summed E-state index contributed by atoms with van der Waals surface area (Å²) in [7, 11) is 0. The van der Waals surface area contributed by atoms with E-state index in [0.29, 0.717) is 31.8 Å². The molecule has 2 atom stereocenters. The molecule has 2 rings (SSSR count). The van der Waals surface area contributed by atoms with Gasteiger partial charge in [-0.3, -0.25) is 9.59 Å². The minimum Gasteiger partial charge on any atom is -0.444 e. The number of hydrogen-bond donors (Lipinski definition) is 1. The molecule has 1 heterocycles. The molecule has 1 saturated carbocycles. The zero-order valence-corrected chi connectivity index (χ0v) is 14.6. The Morgan fingerprint density at radius 1 is 1.30 bits per heavy atom. The van der Waals surface area contributed by atoms with Crippen molar-refractivity contribution in [2.24, 2.45) is 17.8 Å². The monoisotopic (exact) mass is 324 g/mol. The first-order valence-corrected chi connectivity index (χ1v) is 8.43. The number of nitrogens with zero attached hydrogens (tertiary/aromatic N) is 1. The molecule has 130 valence electrons. The van der Waals surface area contributed by atoms with Crippen LogP contribution in [0.3, 0.4) is 0 Å². The van der Waals surface area contributed by atoms with E-state index in [-0.39, 0.29) is 23.5 Å². The summed E-state index contributed by atoms with van der Waals surface area (Å²) >= 11 is 0. The SMILES string of the molecule is C[C@H]1CCN(C(=O)C2CC(=O)C2)C[C@H]1CNC(=O)OC(C)(C)C. The molecule has 0 aromatic carbocycles. The van der Waals surface area contributed by atoms with Crippen LogP contribution in [0.4, 0.5) is 4.79 Å². The van der Waals surface area contributed by atoms with Gasteiger partial charge in [0, 0.05) is 32.5 Å². The fourth-order valence-corrected chi connectivity index (χ4v) is 3.07. The number of hydrogen-bond acceptors (Lipinski definition) is 4. The van der Waals surface area contributed by atoms with Gasteiger partial charge >= 0.3 is 6.09 Å². The van der Waals surface area contributed by atoms with Gasteiger partial charge in [0.2, 0.25) is 5.91 Å². The number of carbonyl (C=O) groups is 3. The molecule has 1 aliphatic carbocycles. The van der Waals surface area contributed by atoms with Gasteiger partial charge in [-0.2, -0.15) is 0 Å². The highest BCUT2D eigenvalue weighted by Gasteiger charge is 2.38. The highest BCUT2D eigenvalue weighted by Crippen LogP contribution is 2.29. The molecule has 23 heavy (non-hydrogen) atoms. The predicted molar refractivity (Wildman–Crippen MR) is 85.8 cm³/mol. The van der Waals surface area contributed by atoms with Crippen molar-refractivity contribution in [1.82, 2.24) is 10.2 Å². The van der Waals surface area contributed by atoms with Crippen LogP contribution in [-0.4, -0.2) is 47.9 Å². The summed E-state index contributed by atoms with van der Waals surface area (Å²) in [5, 5.41) is 2.81. The Morgan fingerprint density at radius 3 is 2.52 bits per heavy atom. The molecule has 6 heteroatoms. The van der Waals surface area contributed by atoms with E-state index in [1.807, 2.05) is 25.7 Å². The molecular formula is C17H28N2O4. The van der Waals surface area contributed by atoms with Gasteiger partial charge < -0.3 is 15.0 Å². The second kappa shape index (κ2) is 6.89. The summed E-state index contributed by atoms with van der Waals surface area (Å²) in [6.07, 6.45) is 1.29. The van der Waals surface area contributed by atoms with Crippen molar-refractivity contribution in [3.05, 3.63) is 0 Å². The minimum atomic E-state index is -0.513. The van der Waals surface area contributed by atoms with Crippen LogP contribution in [0.5, 0.6) is 0 Å². The molecule has 0 aromatic heterocycles. The maximum Gasteiger partial charge on any atom is 0.407 e. The molecule has 0 bridgehead atoms. The van der Waals surface area contributed by atoms with Crippen molar-refractivity contribution in [3.8, 4) is 0 Å². The Kier molecular flexibility index (Phi) is 5.32. The number of amides is 2. The summed E-state index contributed by atoms with van der Waals surface area (Å²) in [6, 6.07) is 0. The van der Waals surface area contributed by atoms with Crippen molar-refractivity contribution in [3.63, 3.8) is 0 Å². The third-order valence-corrected chi connectivity index (χ3v) is 4.63. The standard InChI is InChI=1S/C17H28N2O4/c1-11-5-6-19(15(21)12-7-14(20)8-12)10-13(11)9-18-16(22)23-17(2,3)4/h11-13H,5-10H2,1-4H3,(H,18,22)/t11-,13+/m0/s1. The fourth-order valence-electron chi connectivity index (χ4n) is 3.07. The molecule has 1 aliphatic heterocycles. The first kappa shape index (κ1) is 17.8. The smallest absolute Gasteiger partial charge is 0.407 e. The number of ketones is 1. The zero-order chi connectivity index (χ0) is 17.2. The Bertz CT molecular complexity index is 475. The average molecular weight is 324 g/mol. The van der Waals surface area contributed by atoms with E-state index in [9.17, 15) is 14.4 Å². The van der Waals surface area contributed by atoms with E-state index < -0.39 is 11.7 Å². The number of Topliss-reactive ketones (excluding diaryl/α,β-unsaturated/α-hetero) is 1. The number of likely N-dealkylation sites (tertiary alicyclic amines) is 1. The predicted octanol–water partition coefficient (Wildman–Crippen LogP) is 1.97. The van der Waals surface area contributed by atoms with Crippen molar-refractivity contribution in [2.45, 2.75) is 52.6 Å². The number of rotatable bonds is 3. The third kappa shape index (κ3) is 4.94. The molecule has 0 aromatic rings. The van der Waals surface area contributed by atoms with Crippen LogP contribution in [0.25, 0.3) is 0 Å². The number of alkyl carbamates (subject to hydrolysis) is 1. The average Bonchev–Trinajstić information content (AvgIpc) is 2.40. The molecule has 2 amide bonds. The molecule has 0 radical (unpaired) electrons. The normalized spacial score (nSPS) is 25.7. The first-order valence-electron chi connectivity index (χ1n) is 8.43. The lowest BCUT2D eigenvalue weighted by molar-refractivity contribution is -0.146. The van der Waals surface area contributed by atoms with Gasteiger partial charge in [-0.25, -0.2) is 4.79 Å².